The van der Waals surface area contributed by atoms with Crippen LogP contribution in [0.2, 0.25) is 0 Å². The fraction of sp³-hybridized carbons (Fsp3) is 0.308. The smallest absolute Gasteiger partial charge is 0.162 e. The molecule has 3 heteroatoms. The van der Waals surface area contributed by atoms with E-state index in [-0.39, 0.29) is 0 Å². The molecule has 0 atom stereocenters. The topological polar surface area (TPSA) is 18.5 Å². The van der Waals surface area contributed by atoms with Crippen LogP contribution in [0.5, 0.6) is 0 Å². The average Bonchev–Trinajstić information content (AvgIpc) is 2.76. The molecule has 0 amide bonds. The Bertz CT molecular complexity index is 751. The molecular weight excluding hydrogens is 375 g/mol. The predicted molar refractivity (Wildman–Crippen MR) is 126 cm³/mol. The van der Waals surface area contributed by atoms with Crippen molar-refractivity contribution in [1.29, 1.82) is 0 Å². The monoisotopic (exact) mass is 407 g/mol. The van der Waals surface area contributed by atoms with Gasteiger partial charge in [0.2, 0.25) is 0 Å². The molecule has 0 bridgehead atoms. The molecule has 3 rings (SSSR count). The van der Waals surface area contributed by atoms with Crippen LogP contribution < -0.4 is 15.9 Å². The number of benzene rings is 3. The lowest BCUT2D eigenvalue weighted by Crippen LogP contribution is -2.34. The van der Waals surface area contributed by atoms with Crippen LogP contribution in [-0.4, -0.2) is 25.2 Å². The molecule has 152 valence electrons. The molecule has 0 aliphatic rings. The van der Waals surface area contributed by atoms with Gasteiger partial charge in [0, 0.05) is 13.0 Å². The minimum atomic E-state index is -1.77. The van der Waals surface area contributed by atoms with Crippen molar-refractivity contribution in [2.75, 3.05) is 19.4 Å². The molecule has 0 aliphatic carbocycles. The summed E-state index contributed by atoms with van der Waals surface area (Å²) in [7, 11) is -1.77. The summed E-state index contributed by atoms with van der Waals surface area (Å²) in [5, 5.41) is 4.25. The second-order valence-corrected chi connectivity index (χ2v) is 11.2. The molecule has 0 saturated carbocycles. The molecular formula is C26H32O2P+. The quantitative estimate of drug-likeness (QED) is 0.263. The van der Waals surface area contributed by atoms with E-state index in [1.165, 1.54) is 15.9 Å². The van der Waals surface area contributed by atoms with Crippen molar-refractivity contribution in [1.82, 2.24) is 0 Å². The fourth-order valence-electron chi connectivity index (χ4n) is 3.89. The Kier molecular flexibility index (Phi) is 7.61. The molecule has 0 unspecified atom stereocenters. The van der Waals surface area contributed by atoms with Crippen LogP contribution in [0.15, 0.2) is 91.0 Å². The highest BCUT2D eigenvalue weighted by atomic mass is 31.2. The van der Waals surface area contributed by atoms with Crippen LogP contribution in [0.4, 0.5) is 0 Å². The molecule has 0 fully saturated rings. The van der Waals surface area contributed by atoms with Gasteiger partial charge in [-0.1, -0.05) is 54.6 Å². The van der Waals surface area contributed by atoms with Gasteiger partial charge in [0.25, 0.3) is 0 Å². The molecule has 3 aromatic carbocycles. The molecule has 0 aromatic heterocycles. The van der Waals surface area contributed by atoms with Crippen LogP contribution in [0.25, 0.3) is 0 Å². The minimum Gasteiger partial charge on any atom is -0.351 e. The Hall–Kier alpha value is -1.99. The minimum absolute atomic E-state index is 0.540. The standard InChI is InChI=1S/C26H32O2P/c1-4-27-26(2,3)28-21-14-22-29(23-15-8-5-9-16-23,24-17-10-6-11-18-24)25-19-12-7-13-20-25/h5-13,15-20H,4,14,21-22H2,1-3H3/q+1. The van der Waals surface area contributed by atoms with Crippen LogP contribution >= 0.6 is 7.26 Å². The Balaban J connectivity index is 1.97. The maximum Gasteiger partial charge on any atom is 0.162 e. The van der Waals surface area contributed by atoms with Crippen molar-refractivity contribution in [3.63, 3.8) is 0 Å². The van der Waals surface area contributed by atoms with Gasteiger partial charge in [-0.15, -0.1) is 0 Å². The Morgan fingerprint density at radius 2 is 1.07 bits per heavy atom. The average molecular weight is 408 g/mol. The lowest BCUT2D eigenvalue weighted by atomic mass is 10.3. The number of hydrogen-bond donors (Lipinski definition) is 0. The Labute approximate surface area is 176 Å². The first-order valence-corrected chi connectivity index (χ1v) is 12.4. The van der Waals surface area contributed by atoms with E-state index in [0.717, 1.165) is 12.6 Å². The molecule has 0 N–H and O–H groups in total. The third-order valence-corrected chi connectivity index (χ3v) is 9.70. The maximum atomic E-state index is 6.07. The van der Waals surface area contributed by atoms with Crippen molar-refractivity contribution < 1.29 is 9.47 Å². The van der Waals surface area contributed by atoms with Gasteiger partial charge in [-0.05, 0) is 57.2 Å². The van der Waals surface area contributed by atoms with E-state index >= 15 is 0 Å². The van der Waals surface area contributed by atoms with Gasteiger partial charge in [0.15, 0.2) is 5.79 Å². The van der Waals surface area contributed by atoms with Crippen LogP contribution in [0.3, 0.4) is 0 Å². The van der Waals surface area contributed by atoms with Gasteiger partial charge in [-0.3, -0.25) is 0 Å². The first-order chi connectivity index (χ1) is 14.1. The summed E-state index contributed by atoms with van der Waals surface area (Å²) in [5.74, 6) is -0.540. The van der Waals surface area contributed by atoms with Gasteiger partial charge in [0.05, 0.1) is 12.8 Å². The van der Waals surface area contributed by atoms with Crippen LogP contribution in [-0.2, 0) is 9.47 Å². The highest BCUT2D eigenvalue weighted by Gasteiger charge is 2.44. The lowest BCUT2D eigenvalue weighted by Gasteiger charge is -2.29. The molecule has 0 radical (unpaired) electrons. The van der Waals surface area contributed by atoms with Crippen molar-refractivity contribution in [2.24, 2.45) is 0 Å². The highest BCUT2D eigenvalue weighted by molar-refractivity contribution is 7.95. The van der Waals surface area contributed by atoms with Gasteiger partial charge in [-0.25, -0.2) is 0 Å². The van der Waals surface area contributed by atoms with Crippen molar-refractivity contribution in [3.8, 4) is 0 Å². The van der Waals surface area contributed by atoms with Crippen LogP contribution in [0, 0.1) is 0 Å². The molecule has 2 nitrogen and oxygen atoms in total. The van der Waals surface area contributed by atoms with E-state index in [2.05, 4.69) is 91.0 Å². The Morgan fingerprint density at radius 1 is 0.655 bits per heavy atom. The van der Waals surface area contributed by atoms with E-state index in [0.29, 0.717) is 13.2 Å². The molecule has 3 aromatic rings. The largest absolute Gasteiger partial charge is 0.351 e. The second kappa shape index (κ2) is 10.2. The van der Waals surface area contributed by atoms with E-state index in [1.807, 2.05) is 20.8 Å². The van der Waals surface area contributed by atoms with E-state index in [1.54, 1.807) is 0 Å². The lowest BCUT2D eigenvalue weighted by molar-refractivity contribution is -0.210. The zero-order valence-electron chi connectivity index (χ0n) is 17.8. The first kappa shape index (κ1) is 21.7. The summed E-state index contributed by atoms with van der Waals surface area (Å²) < 4.78 is 11.8. The summed E-state index contributed by atoms with van der Waals surface area (Å²) in [5.41, 5.74) is 0. The highest BCUT2D eigenvalue weighted by Crippen LogP contribution is 2.55. The van der Waals surface area contributed by atoms with Crippen molar-refractivity contribution >= 4 is 23.2 Å². The van der Waals surface area contributed by atoms with Crippen molar-refractivity contribution in [3.05, 3.63) is 91.0 Å². The normalized spacial score (nSPS) is 12.1. The summed E-state index contributed by atoms with van der Waals surface area (Å²) in [6, 6.07) is 33.0. The van der Waals surface area contributed by atoms with E-state index in [9.17, 15) is 0 Å². The summed E-state index contributed by atoms with van der Waals surface area (Å²) in [6.07, 6.45) is 2.04. The molecule has 29 heavy (non-hydrogen) atoms. The first-order valence-electron chi connectivity index (χ1n) is 10.4. The van der Waals surface area contributed by atoms with Gasteiger partial charge < -0.3 is 9.47 Å². The molecule has 0 saturated heterocycles. The summed E-state index contributed by atoms with van der Waals surface area (Å²) in [6.45, 7) is 7.32. The predicted octanol–water partition coefficient (Wildman–Crippen LogP) is 5.16. The molecule has 0 spiro atoms. The Morgan fingerprint density at radius 3 is 1.45 bits per heavy atom. The third-order valence-electron chi connectivity index (χ3n) is 5.17. The van der Waals surface area contributed by atoms with Gasteiger partial charge >= 0.3 is 0 Å². The number of hydrogen-bond acceptors (Lipinski definition) is 2. The van der Waals surface area contributed by atoms with Gasteiger partial charge in [-0.2, -0.15) is 0 Å². The van der Waals surface area contributed by atoms with E-state index in [4.69, 9.17) is 9.47 Å². The third kappa shape index (κ3) is 5.34. The molecule has 0 heterocycles. The second-order valence-electron chi connectivity index (χ2n) is 7.57. The van der Waals surface area contributed by atoms with Crippen LogP contribution in [0.1, 0.15) is 27.2 Å². The van der Waals surface area contributed by atoms with E-state index < -0.39 is 13.0 Å². The summed E-state index contributed by atoms with van der Waals surface area (Å²) >= 11 is 0. The SMILES string of the molecule is CCOC(C)(C)OCCC[P+](c1ccccc1)(c1ccccc1)c1ccccc1. The fourth-order valence-corrected chi connectivity index (χ4v) is 8.21. The maximum absolute atomic E-state index is 6.07. The molecule has 0 aliphatic heterocycles. The van der Waals surface area contributed by atoms with Crippen molar-refractivity contribution in [2.45, 2.75) is 33.0 Å². The summed E-state index contributed by atoms with van der Waals surface area (Å²) in [4.78, 5) is 0. The number of rotatable bonds is 10. The number of ether oxygens (including phenoxy) is 2. The van der Waals surface area contributed by atoms with Gasteiger partial charge in [0.1, 0.15) is 23.2 Å². The zero-order valence-corrected chi connectivity index (χ0v) is 18.6. The zero-order chi connectivity index (χ0) is 20.6.